The topological polar surface area (TPSA) is 122 Å². The number of furan rings is 1. The molecule has 5 fully saturated rings. The summed E-state index contributed by atoms with van der Waals surface area (Å²) < 4.78 is 29.3. The van der Waals surface area contributed by atoms with Crippen molar-refractivity contribution < 1.29 is 42.5 Å². The van der Waals surface area contributed by atoms with Crippen LogP contribution in [0.3, 0.4) is 0 Å². The van der Waals surface area contributed by atoms with Crippen LogP contribution in [0.5, 0.6) is 0 Å². The smallest absolute Gasteiger partial charge is 0.339 e. The van der Waals surface area contributed by atoms with E-state index in [1.807, 2.05) is 34.6 Å². The van der Waals surface area contributed by atoms with Gasteiger partial charge in [0.2, 0.25) is 0 Å². The first-order valence-electron chi connectivity index (χ1n) is 13.1. The van der Waals surface area contributed by atoms with Crippen molar-refractivity contribution in [3.05, 3.63) is 24.2 Å². The summed E-state index contributed by atoms with van der Waals surface area (Å²) in [6.45, 7) is 11.0. The largest absolute Gasteiger partial charge is 0.472 e. The molecule has 2 aliphatic carbocycles. The van der Waals surface area contributed by atoms with Gasteiger partial charge in [0, 0.05) is 35.7 Å². The Hall–Kier alpha value is -2.68. The molecule has 3 unspecified atom stereocenters. The van der Waals surface area contributed by atoms with Crippen molar-refractivity contribution in [2.75, 3.05) is 0 Å². The molecule has 9 atom stereocenters. The van der Waals surface area contributed by atoms with Gasteiger partial charge in [-0.05, 0) is 45.6 Å². The van der Waals surface area contributed by atoms with Gasteiger partial charge in [-0.25, -0.2) is 4.79 Å². The van der Waals surface area contributed by atoms with Crippen LogP contribution in [-0.2, 0) is 38.1 Å². The van der Waals surface area contributed by atoms with Gasteiger partial charge < -0.3 is 23.4 Å². The Labute approximate surface area is 215 Å². The predicted molar refractivity (Wildman–Crippen MR) is 126 cm³/mol. The van der Waals surface area contributed by atoms with Gasteiger partial charge in [-0.2, -0.15) is 0 Å². The molecule has 4 heterocycles. The van der Waals surface area contributed by atoms with Crippen molar-refractivity contribution in [1.29, 1.82) is 0 Å². The maximum absolute atomic E-state index is 14.4. The molecule has 37 heavy (non-hydrogen) atoms. The second-order valence-corrected chi connectivity index (χ2v) is 12.7. The van der Waals surface area contributed by atoms with Gasteiger partial charge in [-0.15, -0.1) is 0 Å². The zero-order valence-corrected chi connectivity index (χ0v) is 22.1. The molecule has 0 amide bonds. The number of hydrogen-bond donors (Lipinski definition) is 0. The van der Waals surface area contributed by atoms with Crippen molar-refractivity contribution in [1.82, 2.24) is 0 Å². The highest BCUT2D eigenvalue weighted by Gasteiger charge is 2.88. The summed E-state index contributed by atoms with van der Waals surface area (Å²) in [5.41, 5.74) is -3.88. The third kappa shape index (κ3) is 2.79. The Balaban J connectivity index is 1.54. The molecule has 1 spiro atoms. The fourth-order valence-electron chi connectivity index (χ4n) is 9.24. The maximum Gasteiger partial charge on any atom is 0.339 e. The molecule has 9 nitrogen and oxygen atoms in total. The van der Waals surface area contributed by atoms with Crippen molar-refractivity contribution >= 4 is 23.7 Å². The molecule has 1 aromatic rings. The van der Waals surface area contributed by atoms with E-state index >= 15 is 0 Å². The standard InChI is InChI=1S/C28H34O9/c1-14(29)34-19-12-20(31)36-24(2,3)17-11-18(30)27(6)16(26(17,19)5)7-9-25(4)21(15-8-10-33-13-15)35-23(32)22-28(25,27)37-22/h8,10,13,16-17,19,21-22H,7,9,11-12H2,1-6H3/t16?,17?,19?,21-,22+,25-,26+,27-,28+/m0/s1. The van der Waals surface area contributed by atoms with Crippen molar-refractivity contribution in [2.24, 2.45) is 28.1 Å². The third-order valence-corrected chi connectivity index (χ3v) is 10.8. The second kappa shape index (κ2) is 7.24. The zero-order valence-electron chi connectivity index (χ0n) is 22.1. The molecular formula is C28H34O9. The lowest BCUT2D eigenvalue weighted by Gasteiger charge is -2.66. The van der Waals surface area contributed by atoms with Crippen LogP contribution in [0.25, 0.3) is 0 Å². The van der Waals surface area contributed by atoms with E-state index < -0.39 is 63.7 Å². The molecular weight excluding hydrogens is 480 g/mol. The minimum atomic E-state index is -1.09. The number of ketones is 1. The van der Waals surface area contributed by atoms with Gasteiger partial charge >= 0.3 is 17.9 Å². The van der Waals surface area contributed by atoms with Crippen molar-refractivity contribution in [2.45, 2.75) is 96.7 Å². The van der Waals surface area contributed by atoms with Gasteiger partial charge in [0.25, 0.3) is 0 Å². The van der Waals surface area contributed by atoms with Crippen LogP contribution in [-0.4, -0.2) is 47.1 Å². The van der Waals surface area contributed by atoms with Crippen LogP contribution in [0.15, 0.2) is 23.0 Å². The summed E-state index contributed by atoms with van der Waals surface area (Å²) in [6, 6.07) is 1.78. The van der Waals surface area contributed by atoms with E-state index in [0.29, 0.717) is 12.8 Å². The van der Waals surface area contributed by atoms with Gasteiger partial charge in [-0.1, -0.05) is 13.8 Å². The Bertz CT molecular complexity index is 1200. The normalized spacial score (nSPS) is 47.7. The molecule has 0 radical (unpaired) electrons. The highest BCUT2D eigenvalue weighted by Crippen LogP contribution is 2.78. The van der Waals surface area contributed by atoms with Crippen molar-refractivity contribution in [3.8, 4) is 0 Å². The zero-order chi connectivity index (χ0) is 26.8. The Morgan fingerprint density at radius 3 is 2.41 bits per heavy atom. The molecule has 2 saturated carbocycles. The number of rotatable bonds is 2. The molecule has 0 bridgehead atoms. The maximum atomic E-state index is 14.4. The molecule has 0 aromatic carbocycles. The van der Waals surface area contributed by atoms with Gasteiger partial charge in [-0.3, -0.25) is 14.4 Å². The van der Waals surface area contributed by atoms with E-state index in [-0.39, 0.29) is 30.5 Å². The number of hydrogen-bond acceptors (Lipinski definition) is 9. The Morgan fingerprint density at radius 2 is 1.76 bits per heavy atom. The molecule has 3 aliphatic heterocycles. The lowest BCUT2D eigenvalue weighted by molar-refractivity contribution is -0.234. The predicted octanol–water partition coefficient (Wildman–Crippen LogP) is 3.69. The summed E-state index contributed by atoms with van der Waals surface area (Å²) >= 11 is 0. The van der Waals surface area contributed by atoms with E-state index in [9.17, 15) is 19.2 Å². The fourth-order valence-corrected chi connectivity index (χ4v) is 9.24. The number of epoxide rings is 1. The number of fused-ring (bicyclic) bond motifs is 3. The van der Waals surface area contributed by atoms with Crippen LogP contribution >= 0.6 is 0 Å². The molecule has 0 N–H and O–H groups in total. The lowest BCUT2D eigenvalue weighted by Crippen LogP contribution is -2.72. The first-order valence-corrected chi connectivity index (χ1v) is 13.1. The number of cyclic esters (lactones) is 2. The number of carbonyl (C=O) groups is 4. The molecule has 5 aliphatic rings. The molecule has 6 rings (SSSR count). The van der Waals surface area contributed by atoms with E-state index in [0.717, 1.165) is 5.56 Å². The number of ether oxygens (including phenoxy) is 4. The average molecular weight is 515 g/mol. The van der Waals surface area contributed by atoms with E-state index in [4.69, 9.17) is 23.4 Å². The van der Waals surface area contributed by atoms with Gasteiger partial charge in [0.05, 0.1) is 24.4 Å². The van der Waals surface area contributed by atoms with Crippen molar-refractivity contribution in [3.63, 3.8) is 0 Å². The molecule has 3 saturated heterocycles. The van der Waals surface area contributed by atoms with Crippen LogP contribution in [0.1, 0.15) is 78.9 Å². The summed E-state index contributed by atoms with van der Waals surface area (Å²) in [5, 5.41) is 0. The van der Waals surface area contributed by atoms with E-state index in [2.05, 4.69) is 0 Å². The van der Waals surface area contributed by atoms with Gasteiger partial charge in [0.1, 0.15) is 29.2 Å². The first kappa shape index (κ1) is 24.6. The highest BCUT2D eigenvalue weighted by molar-refractivity contribution is 5.93. The molecule has 200 valence electrons. The van der Waals surface area contributed by atoms with E-state index in [1.165, 1.54) is 13.2 Å². The van der Waals surface area contributed by atoms with Crippen LogP contribution in [0.4, 0.5) is 0 Å². The number of esters is 3. The monoisotopic (exact) mass is 514 g/mol. The summed E-state index contributed by atoms with van der Waals surface area (Å²) in [6.07, 6.45) is 2.06. The second-order valence-electron chi connectivity index (χ2n) is 12.7. The minimum Gasteiger partial charge on any atom is -0.472 e. The number of carbonyl (C=O) groups excluding carboxylic acids is 4. The molecule has 1 aromatic heterocycles. The summed E-state index contributed by atoms with van der Waals surface area (Å²) in [5.74, 6) is -2.18. The third-order valence-electron chi connectivity index (χ3n) is 10.8. The highest BCUT2D eigenvalue weighted by atomic mass is 16.7. The SMILES string of the molecule is CC(=O)OC1CC(=O)OC(C)(C)C2CC(=O)[C@]3(C)C(CC[C@@]4(C)[C@H](c5ccoc5)OC(=O)[C@H]5O[C@]543)[C@@]12C. The lowest BCUT2D eigenvalue weighted by atomic mass is 9.37. The average Bonchev–Trinajstić information content (AvgIpc) is 3.38. The Kier molecular flexibility index (Phi) is 4.82. The van der Waals surface area contributed by atoms with E-state index in [1.54, 1.807) is 12.3 Å². The van der Waals surface area contributed by atoms with Crippen LogP contribution in [0.2, 0.25) is 0 Å². The van der Waals surface area contributed by atoms with Crippen LogP contribution < -0.4 is 0 Å². The summed E-state index contributed by atoms with van der Waals surface area (Å²) in [4.78, 5) is 52.7. The molecule has 9 heteroatoms. The Morgan fingerprint density at radius 1 is 1.03 bits per heavy atom. The fraction of sp³-hybridized carbons (Fsp3) is 0.714. The van der Waals surface area contributed by atoms with Crippen LogP contribution in [0, 0.1) is 28.1 Å². The minimum absolute atomic E-state index is 0.0263. The number of Topliss-reactive ketones (excluding diaryl/α,β-unsaturated/α-hetero) is 1. The first-order chi connectivity index (χ1) is 17.2. The summed E-state index contributed by atoms with van der Waals surface area (Å²) in [7, 11) is 0. The van der Waals surface area contributed by atoms with Gasteiger partial charge in [0.15, 0.2) is 6.10 Å². The quantitative estimate of drug-likeness (QED) is 0.330.